The number of nitrogens with two attached hydrogens (primary N) is 1. The van der Waals surface area contributed by atoms with Gasteiger partial charge in [0.2, 0.25) is 11.8 Å². The Morgan fingerprint density at radius 1 is 1.05 bits per heavy atom. The third-order valence-corrected chi connectivity index (χ3v) is 3.89. The molecule has 2 amide bonds. The topological polar surface area (TPSA) is 72.2 Å². The van der Waals surface area contributed by atoms with Gasteiger partial charge >= 0.3 is 0 Å². The smallest absolute Gasteiger partial charge is 0.240 e. The highest BCUT2D eigenvalue weighted by molar-refractivity contribution is 14.1. The number of hydrogen-bond donors (Lipinski definition) is 2. The lowest BCUT2D eigenvalue weighted by atomic mass is 10.0. The summed E-state index contributed by atoms with van der Waals surface area (Å²) in [4.78, 5) is 23.6. The van der Waals surface area contributed by atoms with Crippen LogP contribution in [-0.2, 0) is 22.4 Å². The first kappa shape index (κ1) is 16.5. The molecule has 0 aliphatic rings. The number of amides is 2. The number of primary amides is 1. The number of rotatable bonds is 6. The van der Waals surface area contributed by atoms with E-state index in [0.717, 1.165) is 14.7 Å². The van der Waals surface area contributed by atoms with Crippen LogP contribution < -0.4 is 11.1 Å². The number of carbonyl (C=O) groups is 2. The molecule has 4 nitrogen and oxygen atoms in total. The fourth-order valence-electron chi connectivity index (χ4n) is 2.15. The van der Waals surface area contributed by atoms with Crippen molar-refractivity contribution in [3.05, 3.63) is 69.3 Å². The molecule has 2 rings (SSSR count). The molecule has 0 aliphatic heterocycles. The summed E-state index contributed by atoms with van der Waals surface area (Å²) in [5.74, 6) is -0.735. The van der Waals surface area contributed by atoms with Crippen LogP contribution in [0, 0.1) is 3.57 Å². The van der Waals surface area contributed by atoms with Gasteiger partial charge in [0.1, 0.15) is 6.04 Å². The molecular weight excluding hydrogens is 391 g/mol. The Morgan fingerprint density at radius 2 is 1.73 bits per heavy atom. The Kier molecular flexibility index (Phi) is 5.94. The third-order valence-electron chi connectivity index (χ3n) is 3.22. The molecule has 0 radical (unpaired) electrons. The van der Waals surface area contributed by atoms with Gasteiger partial charge in [0.15, 0.2) is 0 Å². The fourth-order valence-corrected chi connectivity index (χ4v) is 2.76. The van der Waals surface area contributed by atoms with Crippen LogP contribution in [-0.4, -0.2) is 17.9 Å². The lowest BCUT2D eigenvalue weighted by Crippen LogP contribution is -2.46. The predicted octanol–water partition coefficient (Wildman–Crippen LogP) is 2.05. The van der Waals surface area contributed by atoms with Crippen LogP contribution in [0.2, 0.25) is 0 Å². The van der Waals surface area contributed by atoms with Crippen LogP contribution in [0.15, 0.2) is 54.6 Å². The van der Waals surface area contributed by atoms with Gasteiger partial charge in [-0.05, 0) is 45.9 Å². The van der Waals surface area contributed by atoms with Crippen molar-refractivity contribution in [2.45, 2.75) is 18.9 Å². The zero-order chi connectivity index (χ0) is 15.9. The number of carbonyl (C=O) groups excluding carboxylic acids is 2. The lowest BCUT2D eigenvalue weighted by molar-refractivity contribution is -0.127. The molecule has 0 saturated carbocycles. The molecular formula is C17H17IN2O2. The number of hydrogen-bond acceptors (Lipinski definition) is 2. The monoisotopic (exact) mass is 408 g/mol. The average molecular weight is 408 g/mol. The van der Waals surface area contributed by atoms with Crippen molar-refractivity contribution in [2.75, 3.05) is 0 Å². The molecule has 0 saturated heterocycles. The summed E-state index contributed by atoms with van der Waals surface area (Å²) in [6.45, 7) is 0. The molecule has 114 valence electrons. The van der Waals surface area contributed by atoms with Crippen molar-refractivity contribution in [1.29, 1.82) is 0 Å². The zero-order valence-corrected chi connectivity index (χ0v) is 14.1. The third kappa shape index (κ3) is 5.14. The molecule has 0 heterocycles. The van der Waals surface area contributed by atoms with Gasteiger partial charge in [-0.15, -0.1) is 0 Å². The van der Waals surface area contributed by atoms with Crippen LogP contribution in [0.5, 0.6) is 0 Å². The minimum Gasteiger partial charge on any atom is -0.368 e. The minimum atomic E-state index is -0.700. The van der Waals surface area contributed by atoms with Crippen LogP contribution >= 0.6 is 22.6 Å². The van der Waals surface area contributed by atoms with Crippen molar-refractivity contribution < 1.29 is 9.59 Å². The summed E-state index contributed by atoms with van der Waals surface area (Å²) in [7, 11) is 0. The van der Waals surface area contributed by atoms with E-state index in [1.54, 1.807) is 0 Å². The van der Waals surface area contributed by atoms with E-state index in [1.807, 2.05) is 54.6 Å². The van der Waals surface area contributed by atoms with Gasteiger partial charge in [0.25, 0.3) is 0 Å². The summed E-state index contributed by atoms with van der Waals surface area (Å²) in [6.07, 6.45) is 0.629. The van der Waals surface area contributed by atoms with Crippen LogP contribution in [0.1, 0.15) is 11.1 Å². The van der Waals surface area contributed by atoms with E-state index < -0.39 is 11.9 Å². The van der Waals surface area contributed by atoms with Gasteiger partial charge in [0.05, 0.1) is 6.42 Å². The van der Waals surface area contributed by atoms with E-state index in [0.29, 0.717) is 6.42 Å². The van der Waals surface area contributed by atoms with E-state index >= 15 is 0 Å². The average Bonchev–Trinajstić information content (AvgIpc) is 2.47. The van der Waals surface area contributed by atoms with Crippen LogP contribution in [0.3, 0.4) is 0 Å². The SMILES string of the molecule is NC(=O)[C@@H](Cc1cccc(I)c1)NC(=O)Cc1ccccc1. The maximum atomic E-state index is 12.1. The van der Waals surface area contributed by atoms with Gasteiger partial charge in [-0.3, -0.25) is 9.59 Å². The highest BCUT2D eigenvalue weighted by atomic mass is 127. The fraction of sp³-hybridized carbons (Fsp3) is 0.176. The van der Waals surface area contributed by atoms with E-state index in [-0.39, 0.29) is 12.3 Å². The maximum absolute atomic E-state index is 12.1. The molecule has 1 atom stereocenters. The normalized spacial score (nSPS) is 11.7. The molecule has 0 spiro atoms. The maximum Gasteiger partial charge on any atom is 0.240 e. The van der Waals surface area contributed by atoms with Gasteiger partial charge in [-0.2, -0.15) is 0 Å². The first-order valence-corrected chi connectivity index (χ1v) is 7.99. The summed E-state index contributed by atoms with van der Waals surface area (Å²) in [5.41, 5.74) is 7.28. The summed E-state index contributed by atoms with van der Waals surface area (Å²) < 4.78 is 1.08. The van der Waals surface area contributed by atoms with E-state index in [9.17, 15) is 9.59 Å². The number of halogens is 1. The van der Waals surface area contributed by atoms with Gasteiger partial charge < -0.3 is 11.1 Å². The second-order valence-corrected chi connectivity index (χ2v) is 6.26. The Labute approximate surface area is 143 Å². The Morgan fingerprint density at radius 3 is 2.36 bits per heavy atom. The highest BCUT2D eigenvalue weighted by Crippen LogP contribution is 2.10. The molecule has 0 bridgehead atoms. The van der Waals surface area contributed by atoms with Crippen LogP contribution in [0.25, 0.3) is 0 Å². The highest BCUT2D eigenvalue weighted by Gasteiger charge is 2.18. The summed E-state index contributed by atoms with van der Waals surface area (Å²) >= 11 is 2.21. The summed E-state index contributed by atoms with van der Waals surface area (Å²) in [5, 5.41) is 2.72. The van der Waals surface area contributed by atoms with Gasteiger partial charge in [0, 0.05) is 9.99 Å². The second kappa shape index (κ2) is 7.93. The molecule has 0 fully saturated rings. The van der Waals surface area contributed by atoms with Crippen molar-refractivity contribution in [1.82, 2.24) is 5.32 Å². The largest absolute Gasteiger partial charge is 0.368 e. The van der Waals surface area contributed by atoms with E-state index in [2.05, 4.69) is 27.9 Å². The summed E-state index contributed by atoms with van der Waals surface area (Å²) in [6, 6.07) is 16.5. The first-order chi connectivity index (χ1) is 10.5. The second-order valence-electron chi connectivity index (χ2n) is 5.02. The molecule has 22 heavy (non-hydrogen) atoms. The van der Waals surface area contributed by atoms with Gasteiger partial charge in [-0.25, -0.2) is 0 Å². The van der Waals surface area contributed by atoms with Crippen molar-refractivity contribution in [3.63, 3.8) is 0 Å². The van der Waals surface area contributed by atoms with Crippen molar-refractivity contribution in [2.24, 2.45) is 5.73 Å². The van der Waals surface area contributed by atoms with Crippen molar-refractivity contribution >= 4 is 34.4 Å². The molecule has 3 N–H and O–H groups in total. The quantitative estimate of drug-likeness (QED) is 0.719. The molecule has 0 unspecified atom stereocenters. The first-order valence-electron chi connectivity index (χ1n) is 6.91. The van der Waals surface area contributed by atoms with Gasteiger partial charge in [-0.1, -0.05) is 42.5 Å². The van der Waals surface area contributed by atoms with E-state index in [4.69, 9.17) is 5.73 Å². The number of benzene rings is 2. The predicted molar refractivity (Wildman–Crippen MR) is 94.1 cm³/mol. The Hall–Kier alpha value is -1.89. The standard InChI is InChI=1S/C17H17IN2O2/c18-14-8-4-7-13(9-14)10-15(17(19)22)20-16(21)11-12-5-2-1-3-6-12/h1-9,15H,10-11H2,(H2,19,22)(H,20,21)/t15-/m1/s1. The Bertz CT molecular complexity index is 659. The molecule has 0 aromatic heterocycles. The lowest BCUT2D eigenvalue weighted by Gasteiger charge is -2.16. The van der Waals surface area contributed by atoms with E-state index in [1.165, 1.54) is 0 Å². The molecule has 0 aliphatic carbocycles. The molecule has 5 heteroatoms. The van der Waals surface area contributed by atoms with Crippen LogP contribution in [0.4, 0.5) is 0 Å². The van der Waals surface area contributed by atoms with Crippen molar-refractivity contribution in [3.8, 4) is 0 Å². The molecule has 2 aromatic carbocycles. The number of nitrogens with one attached hydrogen (secondary N) is 1. The minimum absolute atomic E-state index is 0.208. The zero-order valence-electron chi connectivity index (χ0n) is 12.0. The Balaban J connectivity index is 1.99. The molecule has 2 aromatic rings.